The van der Waals surface area contributed by atoms with Crippen molar-refractivity contribution in [2.75, 3.05) is 19.7 Å². The summed E-state index contributed by atoms with van der Waals surface area (Å²) in [4.78, 5) is 29.9. The highest BCUT2D eigenvalue weighted by Crippen LogP contribution is 2.35. The molecular formula is C21H29F3N2O5. The number of likely N-dealkylation sites (tertiary alicyclic amines) is 1. The number of alkyl halides is 3. The number of esters is 1. The van der Waals surface area contributed by atoms with Crippen LogP contribution in [-0.2, 0) is 20.4 Å². The molecule has 0 saturated carbocycles. The van der Waals surface area contributed by atoms with Crippen molar-refractivity contribution in [1.29, 1.82) is 0 Å². The molecule has 1 fully saturated rings. The summed E-state index contributed by atoms with van der Waals surface area (Å²) in [6.07, 6.45) is -3.35. The van der Waals surface area contributed by atoms with Gasteiger partial charge in [-0.1, -0.05) is 0 Å². The maximum Gasteiger partial charge on any atom is 0.421 e. The lowest BCUT2D eigenvalue weighted by Crippen LogP contribution is -2.45. The van der Waals surface area contributed by atoms with Crippen LogP contribution in [0.4, 0.5) is 18.0 Å². The standard InChI is InChI=1S/C21H29F3N2O5/c1-19(2,3)31-18(28)26-11-8-14(9-12-26)30-17(27)20(4,5)13-29-16-15(21(22,23)24)7-6-10-25-16/h6-7,10,14H,8-9,11-13H2,1-5H3. The fourth-order valence-corrected chi connectivity index (χ4v) is 2.82. The van der Waals surface area contributed by atoms with Crippen molar-refractivity contribution in [2.45, 2.75) is 65.3 Å². The molecule has 0 bridgehead atoms. The minimum absolute atomic E-state index is 0.331. The molecule has 174 valence electrons. The average Bonchev–Trinajstić information content (AvgIpc) is 2.65. The number of carbonyl (C=O) groups is 2. The molecule has 1 aromatic heterocycles. The summed E-state index contributed by atoms with van der Waals surface area (Å²) in [6, 6.07) is 2.03. The Morgan fingerprint density at radius 3 is 2.29 bits per heavy atom. The van der Waals surface area contributed by atoms with Gasteiger partial charge < -0.3 is 19.1 Å². The van der Waals surface area contributed by atoms with E-state index >= 15 is 0 Å². The number of nitrogens with zero attached hydrogens (tertiary/aromatic N) is 2. The van der Waals surface area contributed by atoms with Crippen LogP contribution in [0.1, 0.15) is 53.0 Å². The van der Waals surface area contributed by atoms with E-state index in [0.717, 1.165) is 6.07 Å². The Bertz CT molecular complexity index is 782. The van der Waals surface area contributed by atoms with Gasteiger partial charge in [-0.3, -0.25) is 4.79 Å². The van der Waals surface area contributed by atoms with Crippen LogP contribution in [0.2, 0.25) is 0 Å². The molecule has 0 aliphatic carbocycles. The second-order valence-corrected chi connectivity index (χ2v) is 9.10. The molecule has 0 spiro atoms. The van der Waals surface area contributed by atoms with E-state index in [1.807, 2.05) is 0 Å². The number of amides is 1. The van der Waals surface area contributed by atoms with Crippen molar-refractivity contribution in [1.82, 2.24) is 9.88 Å². The zero-order chi connectivity index (χ0) is 23.4. The monoisotopic (exact) mass is 446 g/mol. The Balaban J connectivity index is 1.88. The molecule has 7 nitrogen and oxygen atoms in total. The van der Waals surface area contributed by atoms with Crippen LogP contribution in [0.3, 0.4) is 0 Å². The van der Waals surface area contributed by atoms with Crippen molar-refractivity contribution in [3.63, 3.8) is 0 Å². The van der Waals surface area contributed by atoms with Crippen LogP contribution in [0.25, 0.3) is 0 Å². The fourth-order valence-electron chi connectivity index (χ4n) is 2.82. The van der Waals surface area contributed by atoms with Crippen molar-refractivity contribution < 1.29 is 37.0 Å². The first-order valence-electron chi connectivity index (χ1n) is 10.0. The first-order valence-corrected chi connectivity index (χ1v) is 10.0. The zero-order valence-electron chi connectivity index (χ0n) is 18.4. The number of piperidine rings is 1. The Morgan fingerprint density at radius 1 is 1.13 bits per heavy atom. The normalized spacial score (nSPS) is 16.1. The van der Waals surface area contributed by atoms with Crippen LogP contribution < -0.4 is 4.74 Å². The van der Waals surface area contributed by atoms with Crippen molar-refractivity contribution >= 4 is 12.1 Å². The molecule has 10 heteroatoms. The highest BCUT2D eigenvalue weighted by molar-refractivity contribution is 5.76. The number of rotatable bonds is 5. The minimum atomic E-state index is -4.61. The quantitative estimate of drug-likeness (QED) is 0.622. The number of hydrogen-bond acceptors (Lipinski definition) is 6. The number of pyridine rings is 1. The van der Waals surface area contributed by atoms with Crippen LogP contribution >= 0.6 is 0 Å². The van der Waals surface area contributed by atoms with Crippen LogP contribution in [0.15, 0.2) is 18.3 Å². The maximum atomic E-state index is 13.1. The van der Waals surface area contributed by atoms with Crippen molar-refractivity contribution in [2.24, 2.45) is 5.41 Å². The molecule has 1 aliphatic rings. The number of aromatic nitrogens is 1. The first kappa shape index (κ1) is 24.7. The van der Waals surface area contributed by atoms with Gasteiger partial charge in [-0.15, -0.1) is 0 Å². The van der Waals surface area contributed by atoms with Gasteiger partial charge in [0.2, 0.25) is 5.88 Å². The smallest absolute Gasteiger partial charge is 0.421 e. The zero-order valence-corrected chi connectivity index (χ0v) is 18.4. The molecule has 0 atom stereocenters. The number of carbonyl (C=O) groups excluding carboxylic acids is 2. The summed E-state index contributed by atoms with van der Waals surface area (Å²) in [5.41, 5.74) is -2.79. The Hall–Kier alpha value is -2.52. The summed E-state index contributed by atoms with van der Waals surface area (Å²) < 4.78 is 55.3. The topological polar surface area (TPSA) is 78.0 Å². The van der Waals surface area contributed by atoms with Crippen LogP contribution in [-0.4, -0.2) is 53.3 Å². The molecule has 0 N–H and O–H groups in total. The molecule has 0 aromatic carbocycles. The lowest BCUT2D eigenvalue weighted by molar-refractivity contribution is -0.163. The van der Waals surface area contributed by atoms with Crippen LogP contribution in [0, 0.1) is 5.41 Å². The van der Waals surface area contributed by atoms with Crippen molar-refractivity contribution in [3.05, 3.63) is 23.9 Å². The second kappa shape index (κ2) is 9.32. The molecule has 0 radical (unpaired) electrons. The second-order valence-electron chi connectivity index (χ2n) is 9.10. The molecule has 31 heavy (non-hydrogen) atoms. The third-order valence-corrected chi connectivity index (χ3v) is 4.57. The Kier molecular flexibility index (Phi) is 7.44. The summed E-state index contributed by atoms with van der Waals surface area (Å²) in [5, 5.41) is 0. The van der Waals surface area contributed by atoms with E-state index in [-0.39, 0.29) is 6.61 Å². The van der Waals surface area contributed by atoms with Crippen LogP contribution in [0.5, 0.6) is 5.88 Å². The third kappa shape index (κ3) is 7.29. The van der Waals surface area contributed by atoms with E-state index < -0.39 is 46.8 Å². The Morgan fingerprint density at radius 2 is 1.74 bits per heavy atom. The maximum absolute atomic E-state index is 13.1. The van der Waals surface area contributed by atoms with Gasteiger partial charge in [0.05, 0.1) is 5.41 Å². The molecule has 1 amide bonds. The fraction of sp³-hybridized carbons (Fsp3) is 0.667. The lowest BCUT2D eigenvalue weighted by atomic mass is 9.94. The molecule has 0 unspecified atom stereocenters. The molecular weight excluding hydrogens is 417 g/mol. The van der Waals surface area contributed by atoms with E-state index in [4.69, 9.17) is 14.2 Å². The minimum Gasteiger partial charge on any atom is -0.476 e. The molecule has 1 saturated heterocycles. The number of halogens is 3. The summed E-state index contributed by atoms with van der Waals surface area (Å²) >= 11 is 0. The van der Waals surface area contributed by atoms with E-state index in [2.05, 4.69) is 4.98 Å². The first-order chi connectivity index (χ1) is 14.2. The van der Waals surface area contributed by atoms with Gasteiger partial charge in [-0.2, -0.15) is 13.2 Å². The summed E-state index contributed by atoms with van der Waals surface area (Å²) in [6.45, 7) is 8.84. The van der Waals surface area contributed by atoms with Gasteiger partial charge in [-0.25, -0.2) is 9.78 Å². The van der Waals surface area contributed by atoms with Gasteiger partial charge >= 0.3 is 18.2 Å². The van der Waals surface area contributed by atoms with Gasteiger partial charge in [-0.05, 0) is 46.8 Å². The van der Waals surface area contributed by atoms with Crippen molar-refractivity contribution in [3.8, 4) is 5.88 Å². The van der Waals surface area contributed by atoms with Gasteiger partial charge in [0, 0.05) is 32.1 Å². The molecule has 1 aromatic rings. The third-order valence-electron chi connectivity index (χ3n) is 4.57. The van der Waals surface area contributed by atoms with Gasteiger partial charge in [0.15, 0.2) is 0 Å². The Labute approximate surface area is 179 Å². The van der Waals surface area contributed by atoms with Gasteiger partial charge in [0.1, 0.15) is 23.9 Å². The number of ether oxygens (including phenoxy) is 3. The predicted molar refractivity (Wildman–Crippen MR) is 105 cm³/mol. The van der Waals surface area contributed by atoms with Gasteiger partial charge in [0.25, 0.3) is 0 Å². The van der Waals surface area contributed by atoms with E-state index in [1.165, 1.54) is 26.1 Å². The molecule has 1 aliphatic heterocycles. The summed E-state index contributed by atoms with van der Waals surface area (Å²) in [5.74, 6) is -1.17. The lowest BCUT2D eigenvalue weighted by Gasteiger charge is -2.34. The highest BCUT2D eigenvalue weighted by Gasteiger charge is 2.38. The van der Waals surface area contributed by atoms with E-state index in [0.29, 0.717) is 25.9 Å². The number of hydrogen-bond donors (Lipinski definition) is 0. The SMILES string of the molecule is CC(C)(C)OC(=O)N1CCC(OC(=O)C(C)(C)COc2ncccc2C(F)(F)F)CC1. The summed E-state index contributed by atoms with van der Waals surface area (Å²) in [7, 11) is 0. The molecule has 2 rings (SSSR count). The van der Waals surface area contributed by atoms with E-state index in [1.54, 1.807) is 25.7 Å². The predicted octanol–water partition coefficient (Wildman–Crippen LogP) is 4.45. The largest absolute Gasteiger partial charge is 0.476 e. The van der Waals surface area contributed by atoms with E-state index in [9.17, 15) is 22.8 Å². The highest BCUT2D eigenvalue weighted by atomic mass is 19.4. The average molecular weight is 446 g/mol. The molecule has 2 heterocycles.